The van der Waals surface area contributed by atoms with Gasteiger partial charge in [0.2, 0.25) is 0 Å². The minimum Gasteiger partial charge on any atom is -0.348 e. The number of halogens is 4. The largest absolute Gasteiger partial charge is 0.362 e. The maximum atomic E-state index is 10.8. The van der Waals surface area contributed by atoms with E-state index in [2.05, 4.69) is 5.32 Å². The molecule has 0 bridgehead atoms. The molecular formula is C12H10Cl4N2O2. The molecular weight excluding hydrogens is 346 g/mol. The summed E-state index contributed by atoms with van der Waals surface area (Å²) < 4.78 is -0.320. The maximum absolute atomic E-state index is 10.8. The maximum Gasteiger partial charge on any atom is 0.362 e. The Balaban J connectivity index is 3.32. The Hall–Kier alpha value is -0.940. The lowest BCUT2D eigenvalue weighted by atomic mass is 10.1. The molecule has 1 rings (SSSR count). The highest BCUT2D eigenvalue weighted by atomic mass is 35.5. The van der Waals surface area contributed by atoms with Gasteiger partial charge in [0.15, 0.2) is 5.70 Å². The summed E-state index contributed by atoms with van der Waals surface area (Å²) in [5, 5.41) is 12.7. The fraction of sp³-hybridized carbons (Fsp3) is 0.167. The zero-order valence-corrected chi connectivity index (χ0v) is 13.5. The van der Waals surface area contributed by atoms with Gasteiger partial charge in [-0.2, -0.15) is 0 Å². The summed E-state index contributed by atoms with van der Waals surface area (Å²) in [6, 6.07) is 5.49. The van der Waals surface area contributed by atoms with E-state index in [0.717, 1.165) is 11.1 Å². The highest BCUT2D eigenvalue weighted by molar-refractivity contribution is 6.60. The van der Waals surface area contributed by atoms with Crippen LogP contribution in [-0.2, 0) is 0 Å². The number of nitro groups is 1. The molecule has 1 aromatic rings. The Morgan fingerprint density at radius 3 is 2.25 bits per heavy atom. The average Bonchev–Trinajstić information content (AvgIpc) is 2.36. The Morgan fingerprint density at radius 1 is 1.20 bits per heavy atom. The molecule has 0 spiro atoms. The average molecular weight is 356 g/mol. The van der Waals surface area contributed by atoms with Gasteiger partial charge in [-0.3, -0.25) is 10.1 Å². The Labute approximate surface area is 136 Å². The molecule has 20 heavy (non-hydrogen) atoms. The standard InChI is InChI=1S/C12H10Cl4N2O2/c1-6-3-4-8(7(2)5-6)17-10(9(13)11(14)15)12(16)18(19)20/h3-5,17H,1-2H3. The van der Waals surface area contributed by atoms with Gasteiger partial charge in [-0.25, -0.2) is 0 Å². The molecule has 0 amide bonds. The summed E-state index contributed by atoms with van der Waals surface area (Å²) in [5.74, 6) is 0. The van der Waals surface area contributed by atoms with E-state index in [1.165, 1.54) is 0 Å². The van der Waals surface area contributed by atoms with Crippen LogP contribution in [0.1, 0.15) is 11.1 Å². The molecule has 0 heterocycles. The second-order valence-electron chi connectivity index (χ2n) is 3.94. The van der Waals surface area contributed by atoms with E-state index in [4.69, 9.17) is 46.4 Å². The molecule has 4 nitrogen and oxygen atoms in total. The quantitative estimate of drug-likeness (QED) is 0.345. The molecule has 0 aromatic heterocycles. The molecule has 108 valence electrons. The SMILES string of the molecule is Cc1ccc(NC(C(Cl)=C(Cl)Cl)=C(Cl)[N+](=O)[O-])c(C)c1. The molecule has 0 fully saturated rings. The van der Waals surface area contributed by atoms with Crippen molar-refractivity contribution in [1.29, 1.82) is 0 Å². The highest BCUT2D eigenvalue weighted by Gasteiger charge is 2.21. The fourth-order valence-corrected chi connectivity index (χ4v) is 1.99. The predicted molar refractivity (Wildman–Crippen MR) is 84.0 cm³/mol. The van der Waals surface area contributed by atoms with Gasteiger partial charge in [0.05, 0.1) is 4.92 Å². The number of nitrogens with zero attached hydrogens (tertiary/aromatic N) is 1. The molecule has 1 aromatic carbocycles. The minimum absolute atomic E-state index is 0.162. The molecule has 1 N–H and O–H groups in total. The number of benzene rings is 1. The van der Waals surface area contributed by atoms with Crippen LogP contribution in [0.5, 0.6) is 0 Å². The lowest BCUT2D eigenvalue weighted by Crippen LogP contribution is -2.08. The smallest absolute Gasteiger partial charge is 0.348 e. The molecule has 0 saturated heterocycles. The van der Waals surface area contributed by atoms with Gasteiger partial charge >= 0.3 is 5.16 Å². The van der Waals surface area contributed by atoms with Gasteiger partial charge in [0.1, 0.15) is 9.52 Å². The second kappa shape index (κ2) is 7.18. The summed E-state index contributed by atoms with van der Waals surface area (Å²) in [6.07, 6.45) is 0. The third-order valence-corrected chi connectivity index (χ3v) is 3.67. The minimum atomic E-state index is -0.785. The molecule has 0 aliphatic rings. The lowest BCUT2D eigenvalue weighted by Gasteiger charge is -2.12. The van der Waals surface area contributed by atoms with Gasteiger partial charge in [0.25, 0.3) is 0 Å². The van der Waals surface area contributed by atoms with Gasteiger partial charge in [-0.05, 0) is 37.1 Å². The molecule has 0 atom stereocenters. The van der Waals surface area contributed by atoms with Crippen molar-refractivity contribution >= 4 is 52.1 Å². The van der Waals surface area contributed by atoms with Crippen molar-refractivity contribution in [2.45, 2.75) is 13.8 Å². The van der Waals surface area contributed by atoms with Gasteiger partial charge in [0, 0.05) is 5.69 Å². The van der Waals surface area contributed by atoms with Crippen LogP contribution >= 0.6 is 46.4 Å². The third-order valence-electron chi connectivity index (χ3n) is 2.39. The lowest BCUT2D eigenvalue weighted by molar-refractivity contribution is -0.413. The normalized spacial score (nSPS) is 11.7. The molecule has 8 heteroatoms. The van der Waals surface area contributed by atoms with Gasteiger partial charge < -0.3 is 5.32 Å². The number of hydrogen-bond donors (Lipinski definition) is 1. The zero-order valence-electron chi connectivity index (χ0n) is 10.5. The van der Waals surface area contributed by atoms with E-state index in [1.807, 2.05) is 26.0 Å². The number of anilines is 1. The first-order chi connectivity index (χ1) is 9.23. The first-order valence-electron chi connectivity index (χ1n) is 5.33. The van der Waals surface area contributed by atoms with Crippen LogP contribution in [0.3, 0.4) is 0 Å². The van der Waals surface area contributed by atoms with Crippen molar-refractivity contribution in [3.8, 4) is 0 Å². The predicted octanol–water partition coefficient (Wildman–Crippen LogP) is 5.29. The van der Waals surface area contributed by atoms with Crippen molar-refractivity contribution in [2.24, 2.45) is 0 Å². The molecule has 0 aliphatic heterocycles. The van der Waals surface area contributed by atoms with E-state index in [0.29, 0.717) is 5.69 Å². The van der Waals surface area contributed by atoms with Crippen LogP contribution in [0.4, 0.5) is 5.69 Å². The third kappa shape index (κ3) is 4.28. The summed E-state index contributed by atoms with van der Waals surface area (Å²) in [6.45, 7) is 3.77. The number of aryl methyl sites for hydroxylation is 2. The van der Waals surface area contributed by atoms with Crippen LogP contribution in [-0.4, -0.2) is 4.92 Å². The van der Waals surface area contributed by atoms with E-state index < -0.39 is 10.1 Å². The van der Waals surface area contributed by atoms with Crippen molar-refractivity contribution in [2.75, 3.05) is 5.32 Å². The van der Waals surface area contributed by atoms with E-state index in [9.17, 15) is 10.1 Å². The van der Waals surface area contributed by atoms with Crippen LogP contribution in [0, 0.1) is 24.0 Å². The topological polar surface area (TPSA) is 55.2 Å². The fourth-order valence-electron chi connectivity index (χ4n) is 1.47. The zero-order chi connectivity index (χ0) is 15.4. The highest BCUT2D eigenvalue weighted by Crippen LogP contribution is 2.31. The molecule has 0 unspecified atom stereocenters. The Morgan fingerprint density at radius 2 is 1.80 bits per heavy atom. The first-order valence-corrected chi connectivity index (χ1v) is 6.84. The van der Waals surface area contributed by atoms with Crippen molar-refractivity contribution in [1.82, 2.24) is 0 Å². The number of rotatable bonds is 4. The number of allylic oxidation sites excluding steroid dienone is 1. The Bertz CT molecular complexity index is 607. The van der Waals surface area contributed by atoms with Gasteiger partial charge in [-0.15, -0.1) is 0 Å². The number of nitrogens with one attached hydrogen (secondary N) is 1. The number of hydrogen-bond acceptors (Lipinski definition) is 3. The monoisotopic (exact) mass is 354 g/mol. The molecule has 0 radical (unpaired) electrons. The van der Waals surface area contributed by atoms with E-state index in [-0.39, 0.29) is 15.2 Å². The van der Waals surface area contributed by atoms with Crippen LogP contribution in [0.15, 0.2) is 38.6 Å². The first kappa shape index (κ1) is 17.1. The van der Waals surface area contributed by atoms with Crippen molar-refractivity contribution < 1.29 is 4.92 Å². The van der Waals surface area contributed by atoms with E-state index >= 15 is 0 Å². The summed E-state index contributed by atoms with van der Waals surface area (Å²) in [4.78, 5) is 10.0. The molecule has 0 aliphatic carbocycles. The summed E-state index contributed by atoms with van der Waals surface area (Å²) in [5.41, 5.74) is 2.37. The van der Waals surface area contributed by atoms with Crippen molar-refractivity contribution in [3.63, 3.8) is 0 Å². The summed E-state index contributed by atoms with van der Waals surface area (Å²) >= 11 is 22.6. The van der Waals surface area contributed by atoms with Crippen LogP contribution < -0.4 is 5.32 Å². The van der Waals surface area contributed by atoms with Crippen LogP contribution in [0.2, 0.25) is 0 Å². The van der Waals surface area contributed by atoms with E-state index in [1.54, 1.807) is 6.07 Å². The second-order valence-corrected chi connectivity index (χ2v) is 5.63. The van der Waals surface area contributed by atoms with Crippen molar-refractivity contribution in [3.05, 3.63) is 59.8 Å². The van der Waals surface area contributed by atoms with Gasteiger partial charge in [-0.1, -0.05) is 52.5 Å². The summed E-state index contributed by atoms with van der Waals surface area (Å²) in [7, 11) is 0. The Kier molecular flexibility index (Phi) is 6.14. The van der Waals surface area contributed by atoms with Crippen LogP contribution in [0.25, 0.3) is 0 Å². The molecule has 0 saturated carbocycles.